The van der Waals surface area contributed by atoms with E-state index in [1.807, 2.05) is 0 Å². The molecule has 0 radical (unpaired) electrons. The Morgan fingerprint density at radius 3 is 2.23 bits per heavy atom. The molecule has 1 aliphatic carbocycles. The number of hydrogen-bond acceptors (Lipinski definition) is 2. The first-order chi connectivity index (χ1) is 6.11. The highest BCUT2D eigenvalue weighted by molar-refractivity contribution is 5.66. The Kier molecular flexibility index (Phi) is 3.76. The lowest BCUT2D eigenvalue weighted by Gasteiger charge is -2.26. The van der Waals surface area contributed by atoms with Gasteiger partial charge < -0.3 is 4.74 Å². The maximum Gasteiger partial charge on any atom is 0.302 e. The first kappa shape index (κ1) is 10.6. The van der Waals surface area contributed by atoms with Gasteiger partial charge in [-0.25, -0.2) is 0 Å². The Labute approximate surface area is 80.7 Å². The lowest BCUT2D eigenvalue weighted by Crippen LogP contribution is -2.29. The van der Waals surface area contributed by atoms with Crippen molar-refractivity contribution in [2.75, 3.05) is 0 Å². The van der Waals surface area contributed by atoms with Gasteiger partial charge in [-0.1, -0.05) is 26.7 Å². The summed E-state index contributed by atoms with van der Waals surface area (Å²) in [5.74, 6) is 0.932. The summed E-state index contributed by atoms with van der Waals surface area (Å²) in [5, 5.41) is 0. The maximum atomic E-state index is 10.9. The van der Waals surface area contributed by atoms with E-state index >= 15 is 0 Å². The van der Waals surface area contributed by atoms with Gasteiger partial charge in [0.1, 0.15) is 6.10 Å². The summed E-state index contributed by atoms with van der Waals surface area (Å²) in [6.07, 6.45) is 5.22. The zero-order chi connectivity index (χ0) is 9.84. The molecule has 0 bridgehead atoms. The molecule has 1 rings (SSSR count). The summed E-state index contributed by atoms with van der Waals surface area (Å²) >= 11 is 0. The minimum Gasteiger partial charge on any atom is -0.462 e. The summed E-state index contributed by atoms with van der Waals surface area (Å²) < 4.78 is 5.36. The molecule has 0 spiro atoms. The predicted octanol–water partition coefficient (Wildman–Crippen LogP) is 2.76. The van der Waals surface area contributed by atoms with E-state index in [1.54, 1.807) is 0 Å². The average molecular weight is 184 g/mol. The van der Waals surface area contributed by atoms with E-state index in [9.17, 15) is 4.79 Å². The molecular weight excluding hydrogens is 164 g/mol. The van der Waals surface area contributed by atoms with Crippen LogP contribution in [0.25, 0.3) is 0 Å². The predicted molar refractivity (Wildman–Crippen MR) is 52.4 cm³/mol. The highest BCUT2D eigenvalue weighted by atomic mass is 16.5. The van der Waals surface area contributed by atoms with Crippen molar-refractivity contribution in [3.05, 3.63) is 0 Å². The van der Waals surface area contributed by atoms with Crippen molar-refractivity contribution in [3.8, 4) is 0 Å². The third-order valence-electron chi connectivity index (χ3n) is 2.82. The molecule has 76 valence electrons. The average Bonchev–Trinajstić information content (AvgIpc) is 2.50. The zero-order valence-corrected chi connectivity index (χ0v) is 8.88. The minimum absolute atomic E-state index is 0.134. The monoisotopic (exact) mass is 184 g/mol. The minimum atomic E-state index is -0.134. The van der Waals surface area contributed by atoms with Gasteiger partial charge in [-0.3, -0.25) is 4.79 Å². The first-order valence-electron chi connectivity index (χ1n) is 5.28. The fourth-order valence-electron chi connectivity index (χ4n) is 2.25. The summed E-state index contributed by atoms with van der Waals surface area (Å²) in [5.41, 5.74) is 0. The summed E-state index contributed by atoms with van der Waals surface area (Å²) in [6.45, 7) is 5.77. The molecule has 2 nitrogen and oxygen atoms in total. The summed E-state index contributed by atoms with van der Waals surface area (Å²) in [7, 11) is 0. The fourth-order valence-corrected chi connectivity index (χ4v) is 2.25. The molecule has 0 saturated heterocycles. The van der Waals surface area contributed by atoms with Crippen LogP contribution in [0.3, 0.4) is 0 Å². The maximum absolute atomic E-state index is 10.9. The second kappa shape index (κ2) is 4.64. The lowest BCUT2D eigenvalue weighted by molar-refractivity contribution is -0.151. The van der Waals surface area contributed by atoms with Gasteiger partial charge in [0.25, 0.3) is 0 Å². The van der Waals surface area contributed by atoms with E-state index in [0.29, 0.717) is 11.8 Å². The second-order valence-electron chi connectivity index (χ2n) is 4.36. The van der Waals surface area contributed by atoms with Crippen molar-refractivity contribution >= 4 is 5.97 Å². The number of carbonyl (C=O) groups is 1. The van der Waals surface area contributed by atoms with Crippen molar-refractivity contribution in [1.82, 2.24) is 0 Å². The van der Waals surface area contributed by atoms with Crippen LogP contribution in [0, 0.1) is 11.8 Å². The van der Waals surface area contributed by atoms with Crippen LogP contribution in [0.2, 0.25) is 0 Å². The fraction of sp³-hybridized carbons (Fsp3) is 0.909. The first-order valence-corrected chi connectivity index (χ1v) is 5.28. The van der Waals surface area contributed by atoms with E-state index in [1.165, 1.54) is 32.6 Å². The summed E-state index contributed by atoms with van der Waals surface area (Å²) in [6, 6.07) is 0. The van der Waals surface area contributed by atoms with E-state index in [2.05, 4.69) is 13.8 Å². The highest BCUT2D eigenvalue weighted by Gasteiger charge is 2.29. The molecule has 0 heterocycles. The van der Waals surface area contributed by atoms with Gasteiger partial charge in [0, 0.05) is 6.92 Å². The van der Waals surface area contributed by atoms with Gasteiger partial charge in [0.2, 0.25) is 0 Å². The van der Waals surface area contributed by atoms with Gasteiger partial charge >= 0.3 is 5.97 Å². The smallest absolute Gasteiger partial charge is 0.302 e. The van der Waals surface area contributed by atoms with Crippen LogP contribution in [-0.4, -0.2) is 12.1 Å². The van der Waals surface area contributed by atoms with E-state index in [0.717, 1.165) is 0 Å². The van der Waals surface area contributed by atoms with Crippen LogP contribution >= 0.6 is 0 Å². The van der Waals surface area contributed by atoms with Gasteiger partial charge in [-0.2, -0.15) is 0 Å². The molecule has 1 aliphatic rings. The second-order valence-corrected chi connectivity index (χ2v) is 4.36. The van der Waals surface area contributed by atoms with Gasteiger partial charge in [-0.15, -0.1) is 0 Å². The SMILES string of the molecule is CC(=O)OC(C(C)C)C1CCCC1. The molecule has 0 aromatic rings. The molecule has 1 unspecified atom stereocenters. The zero-order valence-electron chi connectivity index (χ0n) is 8.88. The summed E-state index contributed by atoms with van der Waals surface area (Å²) in [4.78, 5) is 10.9. The molecule has 0 amide bonds. The van der Waals surface area contributed by atoms with E-state index < -0.39 is 0 Å². The molecule has 0 aromatic carbocycles. The van der Waals surface area contributed by atoms with Crippen LogP contribution in [0.15, 0.2) is 0 Å². The largest absolute Gasteiger partial charge is 0.462 e. The van der Waals surface area contributed by atoms with Crippen LogP contribution in [0.4, 0.5) is 0 Å². The van der Waals surface area contributed by atoms with Gasteiger partial charge in [0.15, 0.2) is 0 Å². The van der Waals surface area contributed by atoms with Crippen molar-refractivity contribution in [2.45, 2.75) is 52.6 Å². The topological polar surface area (TPSA) is 26.3 Å². The normalized spacial score (nSPS) is 20.6. The van der Waals surface area contributed by atoms with Crippen molar-refractivity contribution in [1.29, 1.82) is 0 Å². The molecule has 1 fully saturated rings. The Bertz CT molecular complexity index is 169. The van der Waals surface area contributed by atoms with Gasteiger partial charge in [-0.05, 0) is 24.7 Å². The molecule has 1 saturated carbocycles. The van der Waals surface area contributed by atoms with Crippen molar-refractivity contribution in [2.24, 2.45) is 11.8 Å². The Hall–Kier alpha value is -0.530. The third kappa shape index (κ3) is 3.02. The Balaban J connectivity index is 2.50. The molecule has 1 atom stereocenters. The molecule has 13 heavy (non-hydrogen) atoms. The Morgan fingerprint density at radius 1 is 1.31 bits per heavy atom. The standard InChI is InChI=1S/C11H20O2/c1-8(2)11(13-9(3)12)10-6-4-5-7-10/h8,10-11H,4-7H2,1-3H3. The molecular formula is C11H20O2. The molecule has 0 aromatic heterocycles. The quantitative estimate of drug-likeness (QED) is 0.630. The van der Waals surface area contributed by atoms with Crippen LogP contribution in [-0.2, 0) is 9.53 Å². The third-order valence-corrected chi connectivity index (χ3v) is 2.82. The lowest BCUT2D eigenvalue weighted by atomic mass is 9.92. The molecule has 0 aliphatic heterocycles. The number of carbonyl (C=O) groups excluding carboxylic acids is 1. The van der Waals surface area contributed by atoms with Crippen LogP contribution in [0.5, 0.6) is 0 Å². The number of hydrogen-bond donors (Lipinski definition) is 0. The van der Waals surface area contributed by atoms with Crippen LogP contribution < -0.4 is 0 Å². The van der Waals surface area contributed by atoms with Crippen molar-refractivity contribution in [3.63, 3.8) is 0 Å². The number of ether oxygens (including phenoxy) is 1. The molecule has 2 heteroatoms. The van der Waals surface area contributed by atoms with E-state index in [4.69, 9.17) is 4.74 Å². The van der Waals surface area contributed by atoms with Gasteiger partial charge in [0.05, 0.1) is 0 Å². The number of esters is 1. The van der Waals surface area contributed by atoms with Crippen molar-refractivity contribution < 1.29 is 9.53 Å². The number of rotatable bonds is 3. The molecule has 0 N–H and O–H groups in total. The highest BCUT2D eigenvalue weighted by Crippen LogP contribution is 2.32. The van der Waals surface area contributed by atoms with E-state index in [-0.39, 0.29) is 12.1 Å². The van der Waals surface area contributed by atoms with Crippen LogP contribution in [0.1, 0.15) is 46.5 Å². The Morgan fingerprint density at radius 2 is 1.85 bits per heavy atom.